The highest BCUT2D eigenvalue weighted by Crippen LogP contribution is 2.41. The fourth-order valence-corrected chi connectivity index (χ4v) is 6.26. The second kappa shape index (κ2) is 8.81. The average Bonchev–Trinajstić information content (AvgIpc) is 3.06. The van der Waals surface area contributed by atoms with Gasteiger partial charge in [-0.2, -0.15) is 0 Å². The summed E-state index contributed by atoms with van der Waals surface area (Å²) in [5.41, 5.74) is 1.53. The van der Waals surface area contributed by atoms with Crippen molar-refractivity contribution >= 4 is 55.6 Å². The maximum Gasteiger partial charge on any atom is 0.265 e. The Labute approximate surface area is 202 Å². The molecule has 34 heavy (non-hydrogen) atoms. The van der Waals surface area contributed by atoms with E-state index in [-0.39, 0.29) is 23.9 Å². The highest BCUT2D eigenvalue weighted by Gasteiger charge is 2.36. The number of rotatable bonds is 5. The summed E-state index contributed by atoms with van der Waals surface area (Å²) in [6.45, 7) is 1.87. The largest absolute Gasteiger partial charge is 0.368 e. The molecule has 0 spiro atoms. The van der Waals surface area contributed by atoms with Crippen molar-refractivity contribution in [3.63, 3.8) is 0 Å². The number of sulfonamides is 1. The number of piperazine rings is 1. The summed E-state index contributed by atoms with van der Waals surface area (Å²) in [4.78, 5) is 29.3. The number of nitrogens with one attached hydrogen (secondary N) is 1. The van der Waals surface area contributed by atoms with Gasteiger partial charge in [-0.25, -0.2) is 8.42 Å². The third-order valence-corrected chi connectivity index (χ3v) is 8.28. The molecular weight excluding hydrogens is 476 g/mol. The molecule has 2 heterocycles. The number of benzene rings is 3. The smallest absolute Gasteiger partial charge is 0.265 e. The van der Waals surface area contributed by atoms with E-state index in [0.717, 1.165) is 15.4 Å². The van der Waals surface area contributed by atoms with Crippen LogP contribution in [0.25, 0.3) is 10.8 Å². The van der Waals surface area contributed by atoms with Crippen LogP contribution in [0, 0.1) is 0 Å². The lowest BCUT2D eigenvalue weighted by Gasteiger charge is -2.36. The number of hydrogen-bond donors (Lipinski definition) is 1. The van der Waals surface area contributed by atoms with Crippen LogP contribution >= 0.6 is 11.6 Å². The van der Waals surface area contributed by atoms with Gasteiger partial charge in [-0.05, 0) is 41.8 Å². The van der Waals surface area contributed by atoms with Crippen molar-refractivity contribution in [2.45, 2.75) is 4.90 Å². The SMILES string of the molecule is O=C(CN1c2cccc3cccc(c23)S1(=O)=O)NCC(=O)N1CCN(c2ccc(Cl)cc2)CC1. The van der Waals surface area contributed by atoms with Crippen molar-refractivity contribution in [1.82, 2.24) is 10.2 Å². The van der Waals surface area contributed by atoms with Crippen molar-refractivity contribution in [3.05, 3.63) is 65.7 Å². The molecule has 1 N–H and O–H groups in total. The van der Waals surface area contributed by atoms with E-state index in [4.69, 9.17) is 11.6 Å². The number of nitrogens with zero attached hydrogens (tertiary/aromatic N) is 3. The minimum Gasteiger partial charge on any atom is -0.368 e. The molecule has 0 atom stereocenters. The van der Waals surface area contributed by atoms with Crippen molar-refractivity contribution in [2.24, 2.45) is 0 Å². The quantitative estimate of drug-likeness (QED) is 0.583. The molecule has 2 aliphatic rings. The van der Waals surface area contributed by atoms with Gasteiger partial charge in [-0.3, -0.25) is 13.9 Å². The van der Waals surface area contributed by atoms with Gasteiger partial charge in [-0.15, -0.1) is 0 Å². The Morgan fingerprint density at radius 1 is 0.912 bits per heavy atom. The average molecular weight is 499 g/mol. The first-order valence-electron chi connectivity index (χ1n) is 10.9. The number of hydrogen-bond acceptors (Lipinski definition) is 5. The zero-order chi connectivity index (χ0) is 23.9. The fraction of sp³-hybridized carbons (Fsp3) is 0.250. The van der Waals surface area contributed by atoms with Gasteiger partial charge >= 0.3 is 0 Å². The summed E-state index contributed by atoms with van der Waals surface area (Å²) < 4.78 is 27.1. The van der Waals surface area contributed by atoms with Gasteiger partial charge in [0.25, 0.3) is 10.0 Å². The monoisotopic (exact) mass is 498 g/mol. The highest BCUT2D eigenvalue weighted by molar-refractivity contribution is 7.93. The Morgan fingerprint density at radius 3 is 2.29 bits per heavy atom. The number of carbonyl (C=O) groups excluding carboxylic acids is 2. The molecule has 3 aromatic rings. The van der Waals surface area contributed by atoms with Crippen LogP contribution in [0.15, 0.2) is 65.6 Å². The van der Waals surface area contributed by atoms with Gasteiger partial charge in [0.05, 0.1) is 17.1 Å². The Balaban J connectivity index is 1.17. The first-order chi connectivity index (χ1) is 16.3. The first-order valence-corrected chi connectivity index (χ1v) is 12.8. The molecule has 1 fully saturated rings. The Kier molecular flexibility index (Phi) is 5.83. The normalized spacial score (nSPS) is 16.7. The standard InChI is InChI=1S/C24H23ClN4O4S/c25-18-7-9-19(10-8-18)27-11-13-28(14-12-27)23(31)15-26-22(30)16-29-20-5-1-3-17-4-2-6-21(24(17)20)34(29,32)33/h1-10H,11-16H2,(H,26,30). The molecule has 2 aliphatic heterocycles. The van der Waals surface area contributed by atoms with Gasteiger partial charge in [0.2, 0.25) is 11.8 Å². The summed E-state index contributed by atoms with van der Waals surface area (Å²) in [5, 5.41) is 4.68. The topological polar surface area (TPSA) is 90.0 Å². The molecule has 10 heteroatoms. The van der Waals surface area contributed by atoms with E-state index in [1.54, 1.807) is 29.2 Å². The lowest BCUT2D eigenvalue weighted by atomic mass is 10.1. The predicted octanol–water partition coefficient (Wildman–Crippen LogP) is 2.47. The van der Waals surface area contributed by atoms with Crippen LogP contribution in [-0.2, 0) is 19.6 Å². The van der Waals surface area contributed by atoms with E-state index in [0.29, 0.717) is 42.3 Å². The second-order valence-electron chi connectivity index (χ2n) is 8.26. The fourth-order valence-electron chi connectivity index (χ4n) is 4.47. The number of carbonyl (C=O) groups is 2. The molecule has 0 radical (unpaired) electrons. The van der Waals surface area contributed by atoms with Crippen molar-refractivity contribution < 1.29 is 18.0 Å². The number of anilines is 2. The molecule has 176 valence electrons. The van der Waals surface area contributed by atoms with E-state index < -0.39 is 15.9 Å². The van der Waals surface area contributed by atoms with Crippen LogP contribution in [0.4, 0.5) is 11.4 Å². The van der Waals surface area contributed by atoms with E-state index >= 15 is 0 Å². The maximum absolute atomic E-state index is 13.0. The Bertz CT molecular complexity index is 1360. The lowest BCUT2D eigenvalue weighted by Crippen LogP contribution is -2.51. The number of halogens is 1. The minimum absolute atomic E-state index is 0.176. The van der Waals surface area contributed by atoms with Crippen LogP contribution in [0.2, 0.25) is 5.02 Å². The third kappa shape index (κ3) is 4.05. The molecule has 1 saturated heterocycles. The zero-order valence-electron chi connectivity index (χ0n) is 18.3. The molecule has 5 rings (SSSR count). The summed E-state index contributed by atoms with van der Waals surface area (Å²) in [5.74, 6) is -0.722. The van der Waals surface area contributed by atoms with E-state index in [2.05, 4.69) is 10.2 Å². The molecule has 8 nitrogen and oxygen atoms in total. The van der Waals surface area contributed by atoms with Gasteiger partial charge < -0.3 is 15.1 Å². The lowest BCUT2D eigenvalue weighted by molar-refractivity contribution is -0.132. The van der Waals surface area contributed by atoms with Gasteiger partial charge in [0.1, 0.15) is 6.54 Å². The van der Waals surface area contributed by atoms with Gasteiger partial charge in [0.15, 0.2) is 0 Å². The summed E-state index contributed by atoms with van der Waals surface area (Å²) in [7, 11) is -3.82. The Hall–Kier alpha value is -3.30. The van der Waals surface area contributed by atoms with E-state index in [1.807, 2.05) is 36.4 Å². The van der Waals surface area contributed by atoms with Crippen LogP contribution in [0.5, 0.6) is 0 Å². The van der Waals surface area contributed by atoms with Crippen LogP contribution in [0.1, 0.15) is 0 Å². The number of amides is 2. The highest BCUT2D eigenvalue weighted by atomic mass is 35.5. The van der Waals surface area contributed by atoms with Gasteiger partial charge in [0, 0.05) is 42.3 Å². The molecule has 0 aliphatic carbocycles. The van der Waals surface area contributed by atoms with Gasteiger partial charge in [-0.1, -0.05) is 35.9 Å². The van der Waals surface area contributed by atoms with Crippen molar-refractivity contribution in [2.75, 3.05) is 48.5 Å². The second-order valence-corrected chi connectivity index (χ2v) is 10.5. The molecule has 0 unspecified atom stereocenters. The molecule has 2 amide bonds. The molecular formula is C24H23ClN4O4S. The molecule has 3 aromatic carbocycles. The van der Waals surface area contributed by atoms with E-state index in [9.17, 15) is 18.0 Å². The molecule has 0 aromatic heterocycles. The minimum atomic E-state index is -3.82. The van der Waals surface area contributed by atoms with Crippen LogP contribution in [0.3, 0.4) is 0 Å². The van der Waals surface area contributed by atoms with Crippen LogP contribution in [-0.4, -0.2) is 64.4 Å². The van der Waals surface area contributed by atoms with Crippen molar-refractivity contribution in [1.29, 1.82) is 0 Å². The molecule has 0 bridgehead atoms. The predicted molar refractivity (Wildman–Crippen MR) is 132 cm³/mol. The van der Waals surface area contributed by atoms with Crippen LogP contribution < -0.4 is 14.5 Å². The first kappa shape index (κ1) is 22.5. The van der Waals surface area contributed by atoms with Crippen molar-refractivity contribution in [3.8, 4) is 0 Å². The maximum atomic E-state index is 13.0. The Morgan fingerprint density at radius 2 is 1.59 bits per heavy atom. The summed E-state index contributed by atoms with van der Waals surface area (Å²) >= 11 is 5.95. The summed E-state index contributed by atoms with van der Waals surface area (Å²) in [6, 6.07) is 17.9. The molecule has 0 saturated carbocycles. The summed E-state index contributed by atoms with van der Waals surface area (Å²) in [6.07, 6.45) is 0. The third-order valence-electron chi connectivity index (χ3n) is 6.23. The van der Waals surface area contributed by atoms with E-state index in [1.165, 1.54) is 0 Å². The zero-order valence-corrected chi connectivity index (χ0v) is 19.8.